The first-order valence-electron chi connectivity index (χ1n) is 4.61. The molecule has 1 aliphatic carbocycles. The smallest absolute Gasteiger partial charge is 0.133 e. The van der Waals surface area contributed by atoms with Gasteiger partial charge in [0.1, 0.15) is 5.78 Å². The Balaban J connectivity index is 2.12. The zero-order valence-corrected chi connectivity index (χ0v) is 7.95. The first-order valence-corrected chi connectivity index (χ1v) is 4.61. The number of hydrogen-bond donors (Lipinski definition) is 0. The molecule has 0 spiro atoms. The molecule has 0 unspecified atom stereocenters. The second-order valence-corrected chi connectivity index (χ2v) is 3.79. The summed E-state index contributed by atoms with van der Waals surface area (Å²) in [5.41, 5.74) is 2.24. The van der Waals surface area contributed by atoms with Crippen molar-refractivity contribution in [3.63, 3.8) is 0 Å². The molecule has 1 aliphatic rings. The number of aryl methyl sites for hydroxylation is 1. The van der Waals surface area contributed by atoms with Crippen molar-refractivity contribution >= 4 is 5.78 Å². The fraction of sp³-hybridized carbons (Fsp3) is 0.455. The number of hydrogen-bond acceptors (Lipinski definition) is 2. The summed E-state index contributed by atoms with van der Waals surface area (Å²) in [6, 6.07) is 4.08. The van der Waals surface area contributed by atoms with E-state index in [1.54, 1.807) is 6.92 Å². The highest BCUT2D eigenvalue weighted by Crippen LogP contribution is 2.47. The van der Waals surface area contributed by atoms with E-state index in [2.05, 4.69) is 11.1 Å². The van der Waals surface area contributed by atoms with Crippen LogP contribution in [-0.2, 0) is 4.79 Å². The molecule has 1 aromatic heterocycles. The predicted molar refractivity (Wildman–Crippen MR) is 50.5 cm³/mol. The van der Waals surface area contributed by atoms with Gasteiger partial charge in [-0.25, -0.2) is 0 Å². The molecular weight excluding hydrogens is 162 g/mol. The van der Waals surface area contributed by atoms with Gasteiger partial charge in [0.05, 0.1) is 0 Å². The summed E-state index contributed by atoms with van der Waals surface area (Å²) in [5.74, 6) is 1.03. The largest absolute Gasteiger partial charge is 0.300 e. The predicted octanol–water partition coefficient (Wildman–Crippen LogP) is 2.08. The van der Waals surface area contributed by atoms with Gasteiger partial charge in [-0.1, -0.05) is 6.07 Å². The van der Waals surface area contributed by atoms with Crippen molar-refractivity contribution in [2.45, 2.75) is 26.2 Å². The van der Waals surface area contributed by atoms with Gasteiger partial charge in [0, 0.05) is 17.8 Å². The van der Waals surface area contributed by atoms with Crippen molar-refractivity contribution < 1.29 is 4.79 Å². The maximum absolute atomic E-state index is 11.0. The molecule has 0 amide bonds. The van der Waals surface area contributed by atoms with Gasteiger partial charge in [0.15, 0.2) is 0 Å². The van der Waals surface area contributed by atoms with E-state index in [9.17, 15) is 4.79 Å². The number of carbonyl (C=O) groups is 1. The number of Topliss-reactive ketones (excluding diaryl/α,β-unsaturated/α-hetero) is 1. The highest BCUT2D eigenvalue weighted by Gasteiger charge is 2.41. The molecule has 0 bridgehead atoms. The zero-order valence-electron chi connectivity index (χ0n) is 7.95. The van der Waals surface area contributed by atoms with Crippen molar-refractivity contribution in [1.29, 1.82) is 0 Å². The highest BCUT2D eigenvalue weighted by atomic mass is 16.1. The molecule has 68 valence electrons. The zero-order chi connectivity index (χ0) is 9.42. The summed E-state index contributed by atoms with van der Waals surface area (Å²) < 4.78 is 0. The van der Waals surface area contributed by atoms with Crippen molar-refractivity contribution in [3.05, 3.63) is 29.6 Å². The lowest BCUT2D eigenvalue weighted by Gasteiger charge is -1.98. The lowest BCUT2D eigenvalue weighted by molar-refractivity contribution is -0.118. The minimum atomic E-state index is 0.268. The maximum Gasteiger partial charge on any atom is 0.133 e. The molecule has 2 heteroatoms. The summed E-state index contributed by atoms with van der Waals surface area (Å²) in [6.07, 6.45) is 2.91. The van der Waals surface area contributed by atoms with Gasteiger partial charge >= 0.3 is 0 Å². The minimum absolute atomic E-state index is 0.268. The van der Waals surface area contributed by atoms with Crippen LogP contribution in [0.3, 0.4) is 0 Å². The van der Waals surface area contributed by atoms with Crippen LogP contribution in [-0.4, -0.2) is 10.8 Å². The van der Waals surface area contributed by atoms with Crippen LogP contribution in [0.15, 0.2) is 18.3 Å². The quantitative estimate of drug-likeness (QED) is 0.688. The number of rotatable bonds is 2. The third kappa shape index (κ3) is 1.62. The first kappa shape index (κ1) is 8.42. The summed E-state index contributed by atoms with van der Waals surface area (Å²) in [7, 11) is 0. The molecule has 13 heavy (non-hydrogen) atoms. The molecule has 2 rings (SSSR count). The van der Waals surface area contributed by atoms with Crippen LogP contribution in [0.4, 0.5) is 0 Å². The Hall–Kier alpha value is -1.18. The summed E-state index contributed by atoms with van der Waals surface area (Å²) in [5, 5.41) is 0. The van der Waals surface area contributed by atoms with Gasteiger partial charge in [0.25, 0.3) is 0 Å². The Morgan fingerprint density at radius 3 is 2.77 bits per heavy atom. The number of pyridine rings is 1. The van der Waals surface area contributed by atoms with Gasteiger partial charge < -0.3 is 0 Å². The topological polar surface area (TPSA) is 30.0 Å². The van der Waals surface area contributed by atoms with Gasteiger partial charge in [0.2, 0.25) is 0 Å². The fourth-order valence-corrected chi connectivity index (χ4v) is 1.71. The van der Waals surface area contributed by atoms with Crippen LogP contribution in [0.25, 0.3) is 0 Å². The lowest BCUT2D eigenvalue weighted by atomic mass is 10.1. The molecule has 0 radical (unpaired) electrons. The van der Waals surface area contributed by atoms with Crippen molar-refractivity contribution in [2.75, 3.05) is 0 Å². The third-order valence-electron chi connectivity index (χ3n) is 2.67. The van der Waals surface area contributed by atoms with E-state index in [1.807, 2.05) is 19.2 Å². The highest BCUT2D eigenvalue weighted by molar-refractivity contribution is 5.82. The van der Waals surface area contributed by atoms with E-state index < -0.39 is 0 Å². The van der Waals surface area contributed by atoms with E-state index in [0.29, 0.717) is 11.7 Å². The Bertz CT molecular complexity index is 328. The van der Waals surface area contributed by atoms with E-state index in [1.165, 1.54) is 5.56 Å². The number of carbonyl (C=O) groups excluding carboxylic acids is 1. The van der Waals surface area contributed by atoms with Gasteiger partial charge in [-0.05, 0) is 37.8 Å². The van der Waals surface area contributed by atoms with Gasteiger partial charge in [-0.3, -0.25) is 9.78 Å². The minimum Gasteiger partial charge on any atom is -0.300 e. The number of nitrogens with zero attached hydrogens (tertiary/aromatic N) is 1. The maximum atomic E-state index is 11.0. The molecule has 1 saturated carbocycles. The van der Waals surface area contributed by atoms with Crippen LogP contribution in [0.5, 0.6) is 0 Å². The molecule has 1 heterocycles. The molecule has 2 atom stereocenters. The second kappa shape index (κ2) is 2.95. The van der Waals surface area contributed by atoms with Gasteiger partial charge in [-0.15, -0.1) is 0 Å². The summed E-state index contributed by atoms with van der Waals surface area (Å²) >= 11 is 0. The SMILES string of the molecule is CC(=O)[C@H]1C[C@@H]1c1ccc(C)nc1. The Kier molecular flexibility index (Phi) is 1.91. The Morgan fingerprint density at radius 1 is 1.54 bits per heavy atom. The van der Waals surface area contributed by atoms with Crippen LogP contribution < -0.4 is 0 Å². The summed E-state index contributed by atoms with van der Waals surface area (Å²) in [6.45, 7) is 3.64. The molecule has 1 fully saturated rings. The van der Waals surface area contributed by atoms with E-state index in [4.69, 9.17) is 0 Å². The Morgan fingerprint density at radius 2 is 2.31 bits per heavy atom. The summed E-state index contributed by atoms with van der Waals surface area (Å²) in [4.78, 5) is 15.3. The van der Waals surface area contributed by atoms with Crippen LogP contribution in [0.2, 0.25) is 0 Å². The molecule has 0 N–H and O–H groups in total. The Labute approximate surface area is 78.0 Å². The number of aromatic nitrogens is 1. The van der Waals surface area contributed by atoms with Crippen LogP contribution >= 0.6 is 0 Å². The molecule has 0 aliphatic heterocycles. The van der Waals surface area contributed by atoms with Crippen LogP contribution in [0, 0.1) is 12.8 Å². The van der Waals surface area contributed by atoms with Crippen molar-refractivity contribution in [1.82, 2.24) is 4.98 Å². The molecule has 1 aromatic rings. The molecule has 0 aromatic carbocycles. The van der Waals surface area contributed by atoms with E-state index in [-0.39, 0.29) is 5.92 Å². The standard InChI is InChI=1S/C11H13NO/c1-7-3-4-9(6-12-7)11-5-10(11)8(2)13/h3-4,6,10-11H,5H2,1-2H3/t10-,11-/m1/s1. The van der Waals surface area contributed by atoms with Crippen LogP contribution in [0.1, 0.15) is 30.5 Å². The van der Waals surface area contributed by atoms with E-state index >= 15 is 0 Å². The fourth-order valence-electron chi connectivity index (χ4n) is 1.71. The first-order chi connectivity index (χ1) is 6.18. The normalized spacial score (nSPS) is 25.7. The number of ketones is 1. The van der Waals surface area contributed by atoms with E-state index in [0.717, 1.165) is 12.1 Å². The average molecular weight is 175 g/mol. The molecule has 0 saturated heterocycles. The average Bonchev–Trinajstić information content (AvgIpc) is 2.85. The van der Waals surface area contributed by atoms with Gasteiger partial charge in [-0.2, -0.15) is 0 Å². The lowest BCUT2D eigenvalue weighted by Crippen LogP contribution is -1.95. The second-order valence-electron chi connectivity index (χ2n) is 3.79. The third-order valence-corrected chi connectivity index (χ3v) is 2.67. The van der Waals surface area contributed by atoms with Crippen molar-refractivity contribution in [2.24, 2.45) is 5.92 Å². The van der Waals surface area contributed by atoms with Crippen molar-refractivity contribution in [3.8, 4) is 0 Å². The molecule has 2 nitrogen and oxygen atoms in total. The monoisotopic (exact) mass is 175 g/mol. The molecular formula is C11H13NO.